The number of amides is 1. The summed E-state index contributed by atoms with van der Waals surface area (Å²) >= 11 is 0. The van der Waals surface area contributed by atoms with E-state index in [1.807, 2.05) is 19.1 Å². The predicted molar refractivity (Wildman–Crippen MR) is 64.0 cm³/mol. The van der Waals surface area contributed by atoms with Crippen molar-refractivity contribution in [3.05, 3.63) is 29.8 Å². The second-order valence-electron chi connectivity index (χ2n) is 3.52. The van der Waals surface area contributed by atoms with Crippen molar-refractivity contribution in [1.82, 2.24) is 0 Å². The number of aryl methyl sites for hydroxylation is 1. The van der Waals surface area contributed by atoms with Crippen LogP contribution in [0.15, 0.2) is 24.3 Å². The SMILES string of the molecule is COCCOC(=O)N(CO)c1cccc(C)c1. The van der Waals surface area contributed by atoms with Crippen molar-refractivity contribution >= 4 is 11.8 Å². The highest BCUT2D eigenvalue weighted by molar-refractivity contribution is 5.87. The molecule has 5 nitrogen and oxygen atoms in total. The molecule has 1 aromatic rings. The maximum absolute atomic E-state index is 11.6. The number of nitrogens with zero attached hydrogens (tertiary/aromatic N) is 1. The largest absolute Gasteiger partial charge is 0.447 e. The van der Waals surface area contributed by atoms with Crippen LogP contribution < -0.4 is 4.90 Å². The number of hydrogen-bond donors (Lipinski definition) is 1. The number of aliphatic hydroxyl groups excluding tert-OH is 1. The molecule has 0 spiro atoms. The summed E-state index contributed by atoms with van der Waals surface area (Å²) in [6, 6.07) is 7.26. The Hall–Kier alpha value is -1.59. The molecule has 0 aromatic heterocycles. The lowest BCUT2D eigenvalue weighted by Gasteiger charge is -2.19. The van der Waals surface area contributed by atoms with Crippen LogP contribution in [0.3, 0.4) is 0 Å². The number of carbonyl (C=O) groups is 1. The van der Waals surface area contributed by atoms with E-state index in [0.29, 0.717) is 12.3 Å². The molecule has 0 aliphatic rings. The van der Waals surface area contributed by atoms with Crippen LogP contribution in [0.1, 0.15) is 5.56 Å². The van der Waals surface area contributed by atoms with Crippen molar-refractivity contribution in [2.45, 2.75) is 6.92 Å². The molecule has 0 bridgehead atoms. The molecule has 0 aliphatic heterocycles. The van der Waals surface area contributed by atoms with Crippen LogP contribution >= 0.6 is 0 Å². The third-order valence-electron chi connectivity index (χ3n) is 2.19. The van der Waals surface area contributed by atoms with E-state index in [-0.39, 0.29) is 6.61 Å². The van der Waals surface area contributed by atoms with E-state index in [1.54, 1.807) is 12.1 Å². The Kier molecular flexibility index (Phi) is 5.45. The third kappa shape index (κ3) is 4.05. The van der Waals surface area contributed by atoms with Gasteiger partial charge in [-0.1, -0.05) is 12.1 Å². The Bertz CT molecular complexity index is 367. The topological polar surface area (TPSA) is 59.0 Å². The molecular weight excluding hydrogens is 222 g/mol. The van der Waals surface area contributed by atoms with Gasteiger partial charge < -0.3 is 14.6 Å². The Labute approximate surface area is 101 Å². The zero-order chi connectivity index (χ0) is 12.7. The van der Waals surface area contributed by atoms with Gasteiger partial charge in [0.25, 0.3) is 0 Å². The van der Waals surface area contributed by atoms with E-state index in [4.69, 9.17) is 9.47 Å². The van der Waals surface area contributed by atoms with Gasteiger partial charge in [0.15, 0.2) is 0 Å². The van der Waals surface area contributed by atoms with Crippen LogP contribution in [0.25, 0.3) is 0 Å². The van der Waals surface area contributed by atoms with Crippen molar-refractivity contribution in [2.24, 2.45) is 0 Å². The number of anilines is 1. The van der Waals surface area contributed by atoms with Crippen molar-refractivity contribution in [3.8, 4) is 0 Å². The summed E-state index contributed by atoms with van der Waals surface area (Å²) < 4.78 is 9.70. The van der Waals surface area contributed by atoms with Crippen LogP contribution in [-0.4, -0.2) is 38.3 Å². The lowest BCUT2D eigenvalue weighted by Crippen LogP contribution is -2.33. The molecule has 0 unspecified atom stereocenters. The van der Waals surface area contributed by atoms with Gasteiger partial charge in [-0.15, -0.1) is 0 Å². The number of hydrogen-bond acceptors (Lipinski definition) is 4. The Morgan fingerprint density at radius 2 is 2.18 bits per heavy atom. The minimum Gasteiger partial charge on any atom is -0.447 e. The molecule has 0 saturated carbocycles. The number of methoxy groups -OCH3 is 1. The standard InChI is InChI=1S/C12H17NO4/c1-10-4-3-5-11(8-10)13(9-14)12(15)17-7-6-16-2/h3-5,8,14H,6-7,9H2,1-2H3. The molecule has 94 valence electrons. The normalized spacial score (nSPS) is 10.1. The van der Waals surface area contributed by atoms with E-state index in [0.717, 1.165) is 10.5 Å². The molecular formula is C12H17NO4. The van der Waals surface area contributed by atoms with Crippen molar-refractivity contribution in [2.75, 3.05) is 32.0 Å². The second-order valence-corrected chi connectivity index (χ2v) is 3.52. The van der Waals surface area contributed by atoms with Crippen molar-refractivity contribution in [1.29, 1.82) is 0 Å². The highest BCUT2D eigenvalue weighted by Gasteiger charge is 2.15. The monoisotopic (exact) mass is 239 g/mol. The van der Waals surface area contributed by atoms with E-state index in [2.05, 4.69) is 0 Å². The summed E-state index contributed by atoms with van der Waals surface area (Å²) in [6.45, 7) is 1.99. The first-order chi connectivity index (χ1) is 8.19. The molecule has 1 aromatic carbocycles. The van der Waals surface area contributed by atoms with Gasteiger partial charge in [0.2, 0.25) is 0 Å². The molecule has 17 heavy (non-hydrogen) atoms. The minimum atomic E-state index is -0.588. The minimum absolute atomic E-state index is 0.164. The quantitative estimate of drug-likeness (QED) is 0.625. The highest BCUT2D eigenvalue weighted by atomic mass is 16.6. The average Bonchev–Trinajstić information content (AvgIpc) is 2.30. The molecule has 0 saturated heterocycles. The summed E-state index contributed by atoms with van der Waals surface area (Å²) in [6.07, 6.45) is -0.588. The van der Waals surface area contributed by atoms with Gasteiger partial charge in [0.05, 0.1) is 6.61 Å². The summed E-state index contributed by atoms with van der Waals surface area (Å²) in [5.41, 5.74) is 1.61. The molecule has 0 fully saturated rings. The number of carbonyl (C=O) groups excluding carboxylic acids is 1. The van der Waals surface area contributed by atoms with Crippen LogP contribution in [0, 0.1) is 6.92 Å². The first kappa shape index (κ1) is 13.5. The Balaban J connectivity index is 2.67. The van der Waals surface area contributed by atoms with Crippen LogP contribution in [-0.2, 0) is 9.47 Å². The first-order valence-corrected chi connectivity index (χ1v) is 5.29. The summed E-state index contributed by atoms with van der Waals surface area (Å²) in [5, 5.41) is 9.19. The fourth-order valence-electron chi connectivity index (χ4n) is 1.33. The molecule has 1 N–H and O–H groups in total. The van der Waals surface area contributed by atoms with Gasteiger partial charge in [-0.05, 0) is 24.6 Å². The first-order valence-electron chi connectivity index (χ1n) is 5.29. The van der Waals surface area contributed by atoms with Gasteiger partial charge in [0, 0.05) is 12.8 Å². The van der Waals surface area contributed by atoms with Gasteiger partial charge >= 0.3 is 6.09 Å². The summed E-state index contributed by atoms with van der Waals surface area (Å²) in [5.74, 6) is 0. The molecule has 1 rings (SSSR count). The van der Waals surface area contributed by atoms with Crippen LogP contribution in [0.4, 0.5) is 10.5 Å². The molecule has 1 amide bonds. The maximum Gasteiger partial charge on any atom is 0.416 e. The van der Waals surface area contributed by atoms with E-state index >= 15 is 0 Å². The van der Waals surface area contributed by atoms with Crippen LogP contribution in [0.2, 0.25) is 0 Å². The summed E-state index contributed by atoms with van der Waals surface area (Å²) in [7, 11) is 1.53. The number of aliphatic hydroxyl groups is 1. The molecule has 5 heteroatoms. The number of ether oxygens (including phenoxy) is 2. The van der Waals surface area contributed by atoms with E-state index in [9.17, 15) is 9.90 Å². The fraction of sp³-hybridized carbons (Fsp3) is 0.417. The fourth-order valence-corrected chi connectivity index (χ4v) is 1.33. The lowest BCUT2D eigenvalue weighted by molar-refractivity contribution is 0.0993. The smallest absolute Gasteiger partial charge is 0.416 e. The second kappa shape index (κ2) is 6.88. The zero-order valence-electron chi connectivity index (χ0n) is 10.0. The maximum atomic E-state index is 11.6. The van der Waals surface area contributed by atoms with Gasteiger partial charge in [-0.2, -0.15) is 0 Å². The Morgan fingerprint density at radius 3 is 2.76 bits per heavy atom. The molecule has 0 heterocycles. The number of benzene rings is 1. The Morgan fingerprint density at radius 1 is 1.41 bits per heavy atom. The third-order valence-corrected chi connectivity index (χ3v) is 2.19. The van der Waals surface area contributed by atoms with E-state index < -0.39 is 12.8 Å². The molecule has 0 radical (unpaired) electrons. The zero-order valence-corrected chi connectivity index (χ0v) is 10.0. The van der Waals surface area contributed by atoms with Gasteiger partial charge in [-0.3, -0.25) is 4.90 Å². The molecule has 0 atom stereocenters. The lowest BCUT2D eigenvalue weighted by atomic mass is 10.2. The summed E-state index contributed by atoms with van der Waals surface area (Å²) in [4.78, 5) is 12.8. The molecule has 0 aliphatic carbocycles. The van der Waals surface area contributed by atoms with Crippen LogP contribution in [0.5, 0.6) is 0 Å². The average molecular weight is 239 g/mol. The van der Waals surface area contributed by atoms with Gasteiger partial charge in [-0.25, -0.2) is 4.79 Å². The van der Waals surface area contributed by atoms with Crippen molar-refractivity contribution < 1.29 is 19.4 Å². The van der Waals surface area contributed by atoms with Crippen molar-refractivity contribution in [3.63, 3.8) is 0 Å². The predicted octanol–water partition coefficient (Wildman–Crippen LogP) is 1.53. The highest BCUT2D eigenvalue weighted by Crippen LogP contribution is 2.16. The van der Waals surface area contributed by atoms with Gasteiger partial charge in [0.1, 0.15) is 13.3 Å². The van der Waals surface area contributed by atoms with E-state index in [1.165, 1.54) is 7.11 Å². The number of rotatable bonds is 5.